The first-order chi connectivity index (χ1) is 16.1. The van der Waals surface area contributed by atoms with Crippen LogP contribution >= 0.6 is 11.6 Å². The predicted molar refractivity (Wildman–Crippen MR) is 133 cm³/mol. The number of benzene rings is 1. The number of anilines is 1. The van der Waals surface area contributed by atoms with Gasteiger partial charge in [0.25, 0.3) is 0 Å². The molecular weight excluding hydrogens is 456 g/mol. The van der Waals surface area contributed by atoms with Gasteiger partial charge >= 0.3 is 6.09 Å². The molecule has 34 heavy (non-hydrogen) atoms. The SMILES string of the molecule is COc1cc(Cl)c(C2CC2)cc1N[C@@H](C)C(=O)N1CCN(C2CN(C(=O)OC(C)(C)C)C2)CC1. The summed E-state index contributed by atoms with van der Waals surface area (Å²) in [5.74, 6) is 1.24. The monoisotopic (exact) mass is 492 g/mol. The first kappa shape index (κ1) is 24.9. The zero-order chi connectivity index (χ0) is 24.6. The molecule has 1 aliphatic carbocycles. The Morgan fingerprint density at radius 1 is 1.09 bits per heavy atom. The zero-order valence-corrected chi connectivity index (χ0v) is 21.7. The molecule has 1 aromatic rings. The van der Waals surface area contributed by atoms with E-state index in [2.05, 4.69) is 10.2 Å². The third-order valence-corrected chi connectivity index (χ3v) is 7.06. The molecule has 8 nitrogen and oxygen atoms in total. The average Bonchev–Trinajstić information content (AvgIpc) is 3.57. The summed E-state index contributed by atoms with van der Waals surface area (Å²) in [7, 11) is 1.61. The Labute approximate surface area is 207 Å². The van der Waals surface area contributed by atoms with E-state index in [-0.39, 0.29) is 18.0 Å². The molecule has 1 atom stereocenters. The maximum atomic E-state index is 13.1. The fourth-order valence-electron chi connectivity index (χ4n) is 4.60. The van der Waals surface area contributed by atoms with Crippen molar-refractivity contribution in [2.75, 3.05) is 51.7 Å². The molecule has 0 bridgehead atoms. The molecule has 2 saturated heterocycles. The fraction of sp³-hybridized carbons (Fsp3) is 0.680. The van der Waals surface area contributed by atoms with Gasteiger partial charge in [-0.1, -0.05) is 11.6 Å². The number of rotatable bonds is 6. The predicted octanol–water partition coefficient (Wildman–Crippen LogP) is 3.79. The number of methoxy groups -OCH3 is 1. The van der Waals surface area contributed by atoms with Gasteiger partial charge in [0.05, 0.1) is 12.8 Å². The zero-order valence-electron chi connectivity index (χ0n) is 20.9. The van der Waals surface area contributed by atoms with Gasteiger partial charge in [0.15, 0.2) is 0 Å². The van der Waals surface area contributed by atoms with Gasteiger partial charge in [-0.2, -0.15) is 0 Å². The van der Waals surface area contributed by atoms with Crippen molar-refractivity contribution in [3.63, 3.8) is 0 Å². The molecular formula is C25H37ClN4O4. The van der Waals surface area contributed by atoms with Crippen molar-refractivity contribution in [1.82, 2.24) is 14.7 Å². The Bertz CT molecular complexity index is 916. The topological polar surface area (TPSA) is 74.4 Å². The van der Waals surface area contributed by atoms with Crippen molar-refractivity contribution in [2.45, 2.75) is 64.1 Å². The number of ether oxygens (including phenoxy) is 2. The highest BCUT2D eigenvalue weighted by atomic mass is 35.5. The maximum Gasteiger partial charge on any atom is 0.410 e. The number of piperazine rings is 1. The molecule has 4 rings (SSSR count). The fourth-order valence-corrected chi connectivity index (χ4v) is 4.91. The quantitative estimate of drug-likeness (QED) is 0.651. The summed E-state index contributed by atoms with van der Waals surface area (Å²) in [6.45, 7) is 11.9. The van der Waals surface area contributed by atoms with Crippen molar-refractivity contribution in [2.24, 2.45) is 0 Å². The highest BCUT2D eigenvalue weighted by Gasteiger charge is 2.38. The number of halogens is 1. The lowest BCUT2D eigenvalue weighted by Crippen LogP contribution is -2.65. The molecule has 0 unspecified atom stereocenters. The highest BCUT2D eigenvalue weighted by molar-refractivity contribution is 6.31. The van der Waals surface area contributed by atoms with Crippen molar-refractivity contribution in [1.29, 1.82) is 0 Å². The number of carbonyl (C=O) groups is 2. The first-order valence-electron chi connectivity index (χ1n) is 12.2. The largest absolute Gasteiger partial charge is 0.495 e. The van der Waals surface area contributed by atoms with Gasteiger partial charge in [-0.3, -0.25) is 9.69 Å². The lowest BCUT2D eigenvalue weighted by Gasteiger charge is -2.48. The minimum atomic E-state index is -0.478. The van der Waals surface area contributed by atoms with E-state index in [0.29, 0.717) is 43.9 Å². The number of hydrogen-bond acceptors (Lipinski definition) is 6. The van der Waals surface area contributed by atoms with Gasteiger partial charge in [0, 0.05) is 56.4 Å². The smallest absolute Gasteiger partial charge is 0.410 e. The van der Waals surface area contributed by atoms with Crippen molar-refractivity contribution >= 4 is 29.3 Å². The Morgan fingerprint density at radius 2 is 1.74 bits per heavy atom. The van der Waals surface area contributed by atoms with Crippen LogP contribution in [0.5, 0.6) is 5.75 Å². The molecule has 2 aliphatic heterocycles. The van der Waals surface area contributed by atoms with Crippen LogP contribution < -0.4 is 10.1 Å². The van der Waals surface area contributed by atoms with Crippen molar-refractivity contribution in [3.8, 4) is 5.75 Å². The minimum absolute atomic E-state index is 0.0774. The Kier molecular flexibility index (Phi) is 7.20. The number of amides is 2. The number of nitrogens with zero attached hydrogens (tertiary/aromatic N) is 3. The summed E-state index contributed by atoms with van der Waals surface area (Å²) in [5, 5.41) is 4.08. The summed E-state index contributed by atoms with van der Waals surface area (Å²) in [5.41, 5.74) is 1.46. The summed E-state index contributed by atoms with van der Waals surface area (Å²) in [4.78, 5) is 31.3. The molecule has 1 saturated carbocycles. The van der Waals surface area contributed by atoms with Crippen LogP contribution in [0, 0.1) is 0 Å². The minimum Gasteiger partial charge on any atom is -0.495 e. The molecule has 0 aromatic heterocycles. The van der Waals surface area contributed by atoms with Crippen LogP contribution in [0.4, 0.5) is 10.5 Å². The van der Waals surface area contributed by atoms with E-state index in [0.717, 1.165) is 42.2 Å². The van der Waals surface area contributed by atoms with E-state index in [9.17, 15) is 9.59 Å². The van der Waals surface area contributed by atoms with E-state index in [1.165, 1.54) is 0 Å². The van der Waals surface area contributed by atoms with Gasteiger partial charge in [-0.05, 0) is 58.1 Å². The standard InChI is InChI=1S/C25H37ClN4O4/c1-16(27-21-12-19(17-6-7-17)20(26)13-22(21)33-5)23(31)29-10-8-28(9-11-29)18-14-30(15-18)24(32)34-25(2,3)4/h12-13,16-18,27H,6-11,14-15H2,1-5H3/t16-/m0/s1. The van der Waals surface area contributed by atoms with Gasteiger partial charge in [-0.15, -0.1) is 0 Å². The third-order valence-electron chi connectivity index (χ3n) is 6.73. The molecule has 9 heteroatoms. The van der Waals surface area contributed by atoms with Gasteiger partial charge in [0.2, 0.25) is 5.91 Å². The van der Waals surface area contributed by atoms with Crippen LogP contribution in [-0.4, -0.2) is 90.8 Å². The molecule has 1 aromatic carbocycles. The van der Waals surface area contributed by atoms with Crippen molar-refractivity contribution < 1.29 is 19.1 Å². The van der Waals surface area contributed by atoms with Crippen LogP contribution in [-0.2, 0) is 9.53 Å². The van der Waals surface area contributed by atoms with E-state index in [1.807, 2.05) is 44.7 Å². The molecule has 0 spiro atoms. The lowest BCUT2D eigenvalue weighted by molar-refractivity contribution is -0.134. The summed E-state index contributed by atoms with van der Waals surface area (Å²) in [6, 6.07) is 3.83. The molecule has 3 aliphatic rings. The summed E-state index contributed by atoms with van der Waals surface area (Å²) >= 11 is 6.43. The van der Waals surface area contributed by atoms with Crippen LogP contribution in [0.1, 0.15) is 52.0 Å². The summed E-state index contributed by atoms with van der Waals surface area (Å²) in [6.07, 6.45) is 2.06. The molecule has 2 heterocycles. The molecule has 2 amide bonds. The average molecular weight is 493 g/mol. The number of carbonyl (C=O) groups excluding carboxylic acids is 2. The molecule has 3 fully saturated rings. The first-order valence-corrected chi connectivity index (χ1v) is 12.6. The second-order valence-electron chi connectivity index (χ2n) is 10.6. The Hall–Kier alpha value is -2.19. The number of hydrogen-bond donors (Lipinski definition) is 1. The second-order valence-corrected chi connectivity index (χ2v) is 11.0. The van der Waals surface area contributed by atoms with E-state index < -0.39 is 5.60 Å². The lowest BCUT2D eigenvalue weighted by atomic mass is 10.1. The van der Waals surface area contributed by atoms with E-state index in [1.54, 1.807) is 12.0 Å². The normalized spacial score (nSPS) is 20.5. The van der Waals surface area contributed by atoms with Crippen LogP contribution in [0.15, 0.2) is 12.1 Å². The molecule has 0 radical (unpaired) electrons. The Balaban J connectivity index is 1.26. The van der Waals surface area contributed by atoms with E-state index >= 15 is 0 Å². The van der Waals surface area contributed by atoms with Gasteiger partial charge in [-0.25, -0.2) is 4.79 Å². The third kappa shape index (κ3) is 5.71. The van der Waals surface area contributed by atoms with Gasteiger partial charge in [0.1, 0.15) is 17.4 Å². The van der Waals surface area contributed by atoms with Crippen LogP contribution in [0.2, 0.25) is 5.02 Å². The second kappa shape index (κ2) is 9.82. The number of nitrogens with one attached hydrogen (secondary N) is 1. The number of likely N-dealkylation sites (tertiary alicyclic amines) is 1. The van der Waals surface area contributed by atoms with Crippen LogP contribution in [0.25, 0.3) is 0 Å². The van der Waals surface area contributed by atoms with Gasteiger partial charge < -0.3 is 24.6 Å². The maximum absolute atomic E-state index is 13.1. The highest BCUT2D eigenvalue weighted by Crippen LogP contribution is 2.46. The van der Waals surface area contributed by atoms with E-state index in [4.69, 9.17) is 21.1 Å². The molecule has 1 N–H and O–H groups in total. The van der Waals surface area contributed by atoms with Crippen LogP contribution in [0.3, 0.4) is 0 Å². The molecule has 188 valence electrons. The summed E-state index contributed by atoms with van der Waals surface area (Å²) < 4.78 is 10.9. The van der Waals surface area contributed by atoms with Crippen molar-refractivity contribution in [3.05, 3.63) is 22.7 Å². The Morgan fingerprint density at radius 3 is 2.29 bits per heavy atom.